The van der Waals surface area contributed by atoms with E-state index >= 15 is 0 Å². The summed E-state index contributed by atoms with van der Waals surface area (Å²) >= 11 is 3.87. The molecule has 0 aliphatic rings. The van der Waals surface area contributed by atoms with Gasteiger partial charge in [-0.3, -0.25) is 19.2 Å². The fourth-order valence-electron chi connectivity index (χ4n) is 1.16. The van der Waals surface area contributed by atoms with E-state index in [2.05, 4.69) is 23.3 Å². The number of hydrogen-bond donors (Lipinski definition) is 6. The van der Waals surface area contributed by atoms with Crippen molar-refractivity contribution in [2.75, 3.05) is 12.3 Å². The van der Waals surface area contributed by atoms with Gasteiger partial charge in [0.1, 0.15) is 18.6 Å². The SMILES string of the molecule is NC(CCC(=O)NC(CS)C(=O)NCC(=O)O)C(=O)O.[H-].[H-].[Mg+2].[SeH2]. The summed E-state index contributed by atoms with van der Waals surface area (Å²) in [7, 11) is 0. The number of carboxylic acid groups (broad SMARTS) is 2. The van der Waals surface area contributed by atoms with E-state index in [0.717, 1.165) is 0 Å². The minimum atomic E-state index is -1.22. The third kappa shape index (κ3) is 12.1. The van der Waals surface area contributed by atoms with Gasteiger partial charge < -0.3 is 29.4 Å². The van der Waals surface area contributed by atoms with Crippen LogP contribution < -0.4 is 16.4 Å². The predicted octanol–water partition coefficient (Wildman–Crippen LogP) is -3.28. The number of hydrogen-bond acceptors (Lipinski definition) is 6. The van der Waals surface area contributed by atoms with Crippen LogP contribution in [0.25, 0.3) is 0 Å². The summed E-state index contributed by atoms with van der Waals surface area (Å²) in [5.41, 5.74) is 5.23. The van der Waals surface area contributed by atoms with Gasteiger partial charge in [0, 0.05) is 12.2 Å². The molecule has 0 aromatic heterocycles. The Balaban J connectivity index is -0.000000301. The Labute approximate surface area is 162 Å². The molecule has 22 heavy (non-hydrogen) atoms. The second-order valence-corrected chi connectivity index (χ2v) is 4.26. The molecule has 2 amide bonds. The molecule has 0 aromatic carbocycles. The van der Waals surface area contributed by atoms with Crippen LogP contribution in [0.4, 0.5) is 0 Å². The first-order valence-electron chi connectivity index (χ1n) is 5.66. The van der Waals surface area contributed by atoms with Crippen LogP contribution in [0.5, 0.6) is 0 Å². The van der Waals surface area contributed by atoms with E-state index in [-0.39, 0.29) is 61.6 Å². The number of rotatable bonds is 9. The summed E-state index contributed by atoms with van der Waals surface area (Å²) in [6.07, 6.45) is -0.235. The summed E-state index contributed by atoms with van der Waals surface area (Å²) in [6.45, 7) is -0.567. The third-order valence-corrected chi connectivity index (χ3v) is 2.61. The molecule has 6 N–H and O–H groups in total. The first-order chi connectivity index (χ1) is 9.27. The quantitative estimate of drug-likeness (QED) is 0.170. The molecule has 0 heterocycles. The normalized spacial score (nSPS) is 11.9. The van der Waals surface area contributed by atoms with Crippen LogP contribution in [0, 0.1) is 0 Å². The van der Waals surface area contributed by atoms with Gasteiger partial charge in [-0.15, -0.1) is 0 Å². The number of nitrogens with one attached hydrogen (secondary N) is 2. The maximum absolute atomic E-state index is 11.5. The topological polar surface area (TPSA) is 159 Å². The fraction of sp³-hybridized carbons (Fsp3) is 0.600. The van der Waals surface area contributed by atoms with Gasteiger partial charge in [-0.05, 0) is 6.42 Å². The zero-order valence-electron chi connectivity index (χ0n) is 13.7. The van der Waals surface area contributed by atoms with Crippen molar-refractivity contribution in [1.29, 1.82) is 0 Å². The number of aliphatic carboxylic acids is 2. The number of carboxylic acids is 2. The van der Waals surface area contributed by atoms with E-state index < -0.39 is 42.4 Å². The molecular formula is C10H21MgN3O6SSe. The van der Waals surface area contributed by atoms with E-state index in [4.69, 9.17) is 15.9 Å². The molecule has 0 aliphatic carbocycles. The monoisotopic (exact) mass is 415 g/mol. The molecule has 9 nitrogen and oxygen atoms in total. The summed E-state index contributed by atoms with van der Waals surface area (Å²) < 4.78 is 0. The number of amides is 2. The van der Waals surface area contributed by atoms with Crippen LogP contribution in [0.2, 0.25) is 0 Å². The Morgan fingerprint density at radius 3 is 2.18 bits per heavy atom. The molecule has 0 rings (SSSR count). The van der Waals surface area contributed by atoms with Gasteiger partial charge in [-0.2, -0.15) is 12.6 Å². The van der Waals surface area contributed by atoms with Gasteiger partial charge >= 0.3 is 52.1 Å². The summed E-state index contributed by atoms with van der Waals surface area (Å²) in [6, 6.07) is -2.15. The average molecular weight is 415 g/mol. The van der Waals surface area contributed by atoms with E-state index in [0.29, 0.717) is 0 Å². The first kappa shape index (κ1) is 26.4. The molecule has 2 atom stereocenters. The van der Waals surface area contributed by atoms with Crippen LogP contribution >= 0.6 is 12.6 Å². The molecule has 126 valence electrons. The number of nitrogens with two attached hydrogens (primary N) is 1. The minimum absolute atomic E-state index is 0. The van der Waals surface area contributed by atoms with Gasteiger partial charge in [-0.1, -0.05) is 0 Å². The molecule has 0 aliphatic heterocycles. The molecule has 2 unspecified atom stereocenters. The standard InChI is InChI=1S/C10H17N3O6S.Mg.H2Se.2H/c11-5(10(18)19)1-2-7(14)13-6(4-20)9(17)12-3-8(15)16;;;;/h5-6,20H,1-4,11H2,(H,12,17)(H,13,14)(H,15,16)(H,18,19);;1H2;;/q;+2;;2*-1. The van der Waals surface area contributed by atoms with E-state index in [1.807, 2.05) is 0 Å². The Kier molecular flexibility index (Phi) is 16.9. The zero-order chi connectivity index (χ0) is 15.7. The molecular weight excluding hydrogens is 393 g/mol. The molecule has 12 heteroatoms. The van der Waals surface area contributed by atoms with Crippen LogP contribution in [-0.4, -0.2) is 98.5 Å². The van der Waals surface area contributed by atoms with Crippen LogP contribution in [0.3, 0.4) is 0 Å². The van der Waals surface area contributed by atoms with E-state index in [1.54, 1.807) is 0 Å². The van der Waals surface area contributed by atoms with Crippen molar-refractivity contribution in [3.05, 3.63) is 0 Å². The Morgan fingerprint density at radius 2 is 1.77 bits per heavy atom. The van der Waals surface area contributed by atoms with E-state index in [1.165, 1.54) is 0 Å². The number of thiol groups is 1. The molecule has 0 bridgehead atoms. The Hall–Kier alpha value is -0.524. The third-order valence-electron chi connectivity index (χ3n) is 2.25. The number of carbonyl (C=O) groups excluding carboxylic acids is 2. The van der Waals surface area contributed by atoms with E-state index in [9.17, 15) is 19.2 Å². The molecule has 0 aromatic rings. The van der Waals surface area contributed by atoms with Crippen molar-refractivity contribution >= 4 is 76.5 Å². The van der Waals surface area contributed by atoms with Crippen LogP contribution in [0.15, 0.2) is 0 Å². The Bertz CT molecular complexity index is 411. The van der Waals surface area contributed by atoms with Gasteiger partial charge in [0.15, 0.2) is 0 Å². The molecule has 0 radical (unpaired) electrons. The molecule has 0 saturated carbocycles. The first-order valence-corrected chi connectivity index (χ1v) is 6.29. The second-order valence-electron chi connectivity index (χ2n) is 3.90. The summed E-state index contributed by atoms with van der Waals surface area (Å²) in [5, 5.41) is 21.4. The van der Waals surface area contributed by atoms with Crippen molar-refractivity contribution in [3.8, 4) is 0 Å². The van der Waals surface area contributed by atoms with Gasteiger partial charge in [0.2, 0.25) is 11.8 Å². The average Bonchev–Trinajstić information content (AvgIpc) is 2.38. The van der Waals surface area contributed by atoms with Crippen LogP contribution in [-0.2, 0) is 19.2 Å². The molecule has 0 spiro atoms. The Morgan fingerprint density at radius 1 is 1.23 bits per heavy atom. The summed E-state index contributed by atoms with van der Waals surface area (Å²) in [4.78, 5) is 43.7. The second kappa shape index (κ2) is 14.1. The van der Waals surface area contributed by atoms with Crippen molar-refractivity contribution in [3.63, 3.8) is 0 Å². The zero-order valence-corrected chi connectivity index (χ0v) is 16.1. The van der Waals surface area contributed by atoms with Crippen molar-refractivity contribution in [2.45, 2.75) is 24.9 Å². The van der Waals surface area contributed by atoms with Crippen molar-refractivity contribution in [1.82, 2.24) is 10.6 Å². The fourth-order valence-corrected chi connectivity index (χ4v) is 1.41. The maximum atomic E-state index is 11.5. The molecule has 0 fully saturated rings. The van der Waals surface area contributed by atoms with Crippen molar-refractivity contribution < 1.29 is 32.2 Å². The van der Waals surface area contributed by atoms with Gasteiger partial charge in [-0.25, -0.2) is 0 Å². The predicted molar refractivity (Wildman–Crippen MR) is 87.8 cm³/mol. The van der Waals surface area contributed by atoms with Gasteiger partial charge in [0.25, 0.3) is 0 Å². The van der Waals surface area contributed by atoms with Crippen molar-refractivity contribution in [2.24, 2.45) is 5.73 Å². The molecule has 0 saturated heterocycles. The van der Waals surface area contributed by atoms with Gasteiger partial charge in [0.05, 0.1) is 0 Å². The summed E-state index contributed by atoms with van der Waals surface area (Å²) in [5.74, 6) is -3.70. The number of carbonyl (C=O) groups is 4. The van der Waals surface area contributed by atoms with Crippen LogP contribution in [0.1, 0.15) is 15.7 Å².